The molecule has 1 N–H and O–H groups in total. The molecule has 0 aliphatic carbocycles. The van der Waals surface area contributed by atoms with Crippen molar-refractivity contribution < 1.29 is 13.2 Å². The van der Waals surface area contributed by atoms with Crippen LogP contribution in [0.15, 0.2) is 30.3 Å². The highest BCUT2D eigenvalue weighted by atomic mass is 19.1. The van der Waals surface area contributed by atoms with Crippen molar-refractivity contribution >= 4 is 0 Å². The first kappa shape index (κ1) is 15.6. The first-order valence-corrected chi connectivity index (χ1v) is 6.87. The van der Waals surface area contributed by atoms with Crippen LogP contribution in [0.3, 0.4) is 0 Å². The summed E-state index contributed by atoms with van der Waals surface area (Å²) in [6, 6.07) is 7.18. The summed E-state index contributed by atoms with van der Waals surface area (Å²) in [5, 5.41) is 3.17. The van der Waals surface area contributed by atoms with E-state index in [1.165, 1.54) is 25.1 Å². The fourth-order valence-corrected chi connectivity index (χ4v) is 2.10. The zero-order valence-corrected chi connectivity index (χ0v) is 12.3. The molecular weight excluding hydrogens is 275 g/mol. The number of aryl methyl sites for hydroxylation is 1. The largest absolute Gasteiger partial charge is 0.310 e. The van der Waals surface area contributed by atoms with Crippen molar-refractivity contribution in [2.45, 2.75) is 33.4 Å². The van der Waals surface area contributed by atoms with Gasteiger partial charge >= 0.3 is 0 Å². The first-order valence-electron chi connectivity index (χ1n) is 6.87. The average molecular weight is 293 g/mol. The molecule has 0 bridgehead atoms. The molecule has 4 heteroatoms. The Morgan fingerprint density at radius 2 is 1.71 bits per heavy atom. The lowest BCUT2D eigenvalue weighted by atomic mass is 10.00. The van der Waals surface area contributed by atoms with Crippen molar-refractivity contribution in [2.24, 2.45) is 0 Å². The summed E-state index contributed by atoms with van der Waals surface area (Å²) in [6.45, 7) is 6.01. The maximum absolute atomic E-state index is 14.2. The summed E-state index contributed by atoms with van der Waals surface area (Å²) in [7, 11) is 0. The van der Waals surface area contributed by atoms with Crippen molar-refractivity contribution in [3.63, 3.8) is 0 Å². The molecule has 0 radical (unpaired) electrons. The van der Waals surface area contributed by atoms with E-state index in [0.29, 0.717) is 6.54 Å². The molecule has 21 heavy (non-hydrogen) atoms. The van der Waals surface area contributed by atoms with Gasteiger partial charge in [-0.2, -0.15) is 0 Å². The maximum atomic E-state index is 14.2. The second-order valence-electron chi connectivity index (χ2n) is 5.40. The lowest BCUT2D eigenvalue weighted by molar-refractivity contribution is 0.572. The van der Waals surface area contributed by atoms with E-state index in [2.05, 4.69) is 5.32 Å². The van der Waals surface area contributed by atoms with Gasteiger partial charge in [0.2, 0.25) is 0 Å². The van der Waals surface area contributed by atoms with Gasteiger partial charge < -0.3 is 5.32 Å². The van der Waals surface area contributed by atoms with Gasteiger partial charge in [-0.15, -0.1) is 0 Å². The zero-order chi connectivity index (χ0) is 15.6. The monoisotopic (exact) mass is 293 g/mol. The van der Waals surface area contributed by atoms with E-state index in [9.17, 15) is 13.2 Å². The molecule has 0 aliphatic heterocycles. The van der Waals surface area contributed by atoms with Gasteiger partial charge in [-0.3, -0.25) is 0 Å². The maximum Gasteiger partial charge on any atom is 0.136 e. The van der Waals surface area contributed by atoms with Gasteiger partial charge in [-0.25, -0.2) is 13.2 Å². The Morgan fingerprint density at radius 3 is 2.33 bits per heavy atom. The third-order valence-electron chi connectivity index (χ3n) is 3.30. The van der Waals surface area contributed by atoms with Crippen LogP contribution < -0.4 is 5.32 Å². The Labute approximate surface area is 122 Å². The summed E-state index contributed by atoms with van der Waals surface area (Å²) >= 11 is 0. The molecule has 0 unspecified atom stereocenters. The fraction of sp³-hybridized carbons (Fsp3) is 0.294. The van der Waals surface area contributed by atoms with E-state index < -0.39 is 17.5 Å². The standard InChI is InChI=1S/C17H18F3N/c1-10(2)21-9-12-5-6-13(15(19)8-12)16-14(18)7-4-11(3)17(16)20/h4-8,10,21H,9H2,1-3H3. The molecule has 112 valence electrons. The lowest BCUT2D eigenvalue weighted by Crippen LogP contribution is -2.21. The smallest absolute Gasteiger partial charge is 0.136 e. The number of hydrogen-bond acceptors (Lipinski definition) is 1. The predicted molar refractivity (Wildman–Crippen MR) is 78.5 cm³/mol. The quantitative estimate of drug-likeness (QED) is 0.870. The molecule has 2 aromatic carbocycles. The third kappa shape index (κ3) is 3.45. The second-order valence-corrected chi connectivity index (χ2v) is 5.40. The van der Waals surface area contributed by atoms with Crippen molar-refractivity contribution in [3.8, 4) is 11.1 Å². The molecule has 1 nitrogen and oxygen atoms in total. The van der Waals surface area contributed by atoms with Crippen LogP contribution in [0.1, 0.15) is 25.0 Å². The van der Waals surface area contributed by atoms with Gasteiger partial charge in [0, 0.05) is 18.2 Å². The molecule has 2 rings (SSSR count). The number of benzene rings is 2. The summed E-state index contributed by atoms with van der Waals surface area (Å²) in [6.07, 6.45) is 0. The van der Waals surface area contributed by atoms with Crippen LogP contribution in [0.4, 0.5) is 13.2 Å². The average Bonchev–Trinajstić information content (AvgIpc) is 2.43. The molecule has 0 saturated heterocycles. The first-order chi connectivity index (χ1) is 9.90. The minimum Gasteiger partial charge on any atom is -0.310 e. The molecule has 0 heterocycles. The molecular formula is C17H18F3N. The summed E-state index contributed by atoms with van der Waals surface area (Å²) in [4.78, 5) is 0. The molecule has 0 aliphatic rings. The Balaban J connectivity index is 2.40. The topological polar surface area (TPSA) is 12.0 Å². The second kappa shape index (κ2) is 6.31. The highest BCUT2D eigenvalue weighted by Gasteiger charge is 2.17. The van der Waals surface area contributed by atoms with Gasteiger partial charge in [0.15, 0.2) is 0 Å². The number of nitrogens with one attached hydrogen (secondary N) is 1. The minimum absolute atomic E-state index is 0.0537. The van der Waals surface area contributed by atoms with E-state index in [1.807, 2.05) is 13.8 Å². The van der Waals surface area contributed by atoms with E-state index in [-0.39, 0.29) is 22.7 Å². The third-order valence-corrected chi connectivity index (χ3v) is 3.30. The Morgan fingerprint density at radius 1 is 1.00 bits per heavy atom. The van der Waals surface area contributed by atoms with Crippen LogP contribution in [0.5, 0.6) is 0 Å². The van der Waals surface area contributed by atoms with E-state index >= 15 is 0 Å². The van der Waals surface area contributed by atoms with Crippen molar-refractivity contribution in [1.82, 2.24) is 5.32 Å². The van der Waals surface area contributed by atoms with E-state index in [1.54, 1.807) is 6.07 Å². The number of rotatable bonds is 4. The van der Waals surface area contributed by atoms with Crippen LogP contribution in [0.25, 0.3) is 11.1 Å². The van der Waals surface area contributed by atoms with Crippen LogP contribution >= 0.6 is 0 Å². The summed E-state index contributed by atoms with van der Waals surface area (Å²) in [5.41, 5.74) is 0.660. The van der Waals surface area contributed by atoms with Gasteiger partial charge in [0.1, 0.15) is 17.5 Å². The Hall–Kier alpha value is -1.81. The molecule has 0 amide bonds. The highest BCUT2D eigenvalue weighted by molar-refractivity contribution is 5.66. The predicted octanol–water partition coefficient (Wildman–Crippen LogP) is 4.58. The Kier molecular flexibility index (Phi) is 4.68. The SMILES string of the molecule is Cc1ccc(F)c(-c2ccc(CNC(C)C)cc2F)c1F. The zero-order valence-electron chi connectivity index (χ0n) is 12.3. The van der Waals surface area contributed by atoms with Crippen molar-refractivity contribution in [1.29, 1.82) is 0 Å². The fourth-order valence-electron chi connectivity index (χ4n) is 2.10. The molecule has 2 aromatic rings. The normalized spacial score (nSPS) is 11.2. The van der Waals surface area contributed by atoms with Gasteiger partial charge in [0.05, 0.1) is 5.56 Å². The van der Waals surface area contributed by atoms with Crippen molar-refractivity contribution in [3.05, 3.63) is 58.9 Å². The summed E-state index contributed by atoms with van der Waals surface area (Å²) < 4.78 is 42.1. The minimum atomic E-state index is -0.759. The van der Waals surface area contributed by atoms with Gasteiger partial charge in [-0.05, 0) is 30.2 Å². The van der Waals surface area contributed by atoms with Gasteiger partial charge in [-0.1, -0.05) is 32.0 Å². The van der Waals surface area contributed by atoms with Gasteiger partial charge in [0.25, 0.3) is 0 Å². The molecule has 0 atom stereocenters. The van der Waals surface area contributed by atoms with Crippen molar-refractivity contribution in [2.75, 3.05) is 0 Å². The van der Waals surface area contributed by atoms with Crippen LogP contribution in [0.2, 0.25) is 0 Å². The van der Waals surface area contributed by atoms with Crippen LogP contribution in [0, 0.1) is 24.4 Å². The van der Waals surface area contributed by atoms with E-state index in [4.69, 9.17) is 0 Å². The highest BCUT2D eigenvalue weighted by Crippen LogP contribution is 2.30. The lowest BCUT2D eigenvalue weighted by Gasteiger charge is -2.11. The molecule has 0 saturated carbocycles. The van der Waals surface area contributed by atoms with Crippen LogP contribution in [-0.2, 0) is 6.54 Å². The molecule has 0 spiro atoms. The molecule has 0 aromatic heterocycles. The van der Waals surface area contributed by atoms with Crippen LogP contribution in [-0.4, -0.2) is 6.04 Å². The molecule has 0 fully saturated rings. The van der Waals surface area contributed by atoms with E-state index in [0.717, 1.165) is 11.6 Å². The Bertz CT molecular complexity index is 651. The number of halogens is 3. The number of hydrogen-bond donors (Lipinski definition) is 1. The summed E-state index contributed by atoms with van der Waals surface area (Å²) in [5.74, 6) is -2.10.